The smallest absolute Gasteiger partial charge is 0.258 e. The van der Waals surface area contributed by atoms with Crippen molar-refractivity contribution in [3.8, 4) is 17.2 Å². The van der Waals surface area contributed by atoms with Gasteiger partial charge in [0.15, 0.2) is 18.1 Å². The standard InChI is InChI=1S/C23H30N2O4/c1-17-9-10-21(22(13-17)28-3)29-16-23(26)24-15-20(25-11-4-5-12-25)18-7-6-8-19(14-18)27-2/h6-10,13-14,20H,4-5,11-12,15-16H2,1-3H3,(H,24,26). The first kappa shape index (κ1) is 21.0. The summed E-state index contributed by atoms with van der Waals surface area (Å²) < 4.78 is 16.4. The van der Waals surface area contributed by atoms with Crippen LogP contribution in [0.25, 0.3) is 0 Å². The predicted molar refractivity (Wildman–Crippen MR) is 113 cm³/mol. The van der Waals surface area contributed by atoms with E-state index in [-0.39, 0.29) is 18.6 Å². The molecule has 29 heavy (non-hydrogen) atoms. The van der Waals surface area contributed by atoms with Gasteiger partial charge in [-0.2, -0.15) is 0 Å². The van der Waals surface area contributed by atoms with E-state index in [2.05, 4.69) is 16.3 Å². The van der Waals surface area contributed by atoms with Crippen molar-refractivity contribution >= 4 is 5.91 Å². The molecule has 156 valence electrons. The fourth-order valence-corrected chi connectivity index (χ4v) is 3.66. The maximum atomic E-state index is 12.4. The molecular weight excluding hydrogens is 368 g/mol. The molecule has 6 heteroatoms. The summed E-state index contributed by atoms with van der Waals surface area (Å²) in [6.07, 6.45) is 2.37. The van der Waals surface area contributed by atoms with E-state index in [9.17, 15) is 4.79 Å². The van der Waals surface area contributed by atoms with E-state index in [1.807, 2.05) is 43.3 Å². The van der Waals surface area contributed by atoms with Crippen molar-refractivity contribution in [3.63, 3.8) is 0 Å². The van der Waals surface area contributed by atoms with Crippen LogP contribution in [0.1, 0.15) is 30.0 Å². The number of rotatable bonds is 9. The molecule has 0 aromatic heterocycles. The van der Waals surface area contributed by atoms with Gasteiger partial charge in [-0.25, -0.2) is 0 Å². The first-order valence-corrected chi connectivity index (χ1v) is 10.0. The molecule has 0 radical (unpaired) electrons. The second-order valence-corrected chi connectivity index (χ2v) is 7.28. The van der Waals surface area contributed by atoms with Crippen LogP contribution in [0.5, 0.6) is 17.2 Å². The van der Waals surface area contributed by atoms with Gasteiger partial charge < -0.3 is 19.5 Å². The molecule has 0 spiro atoms. The van der Waals surface area contributed by atoms with Crippen LogP contribution < -0.4 is 19.5 Å². The van der Waals surface area contributed by atoms with Crippen molar-refractivity contribution in [1.29, 1.82) is 0 Å². The average Bonchev–Trinajstić information content (AvgIpc) is 3.27. The molecule has 1 saturated heterocycles. The fourth-order valence-electron chi connectivity index (χ4n) is 3.66. The Morgan fingerprint density at radius 1 is 1.07 bits per heavy atom. The number of hydrogen-bond acceptors (Lipinski definition) is 5. The number of hydrogen-bond donors (Lipinski definition) is 1. The van der Waals surface area contributed by atoms with Crippen LogP contribution in [0, 0.1) is 6.92 Å². The third-order valence-electron chi connectivity index (χ3n) is 5.23. The second-order valence-electron chi connectivity index (χ2n) is 7.28. The first-order valence-electron chi connectivity index (χ1n) is 10.0. The Bertz CT molecular complexity index is 818. The van der Waals surface area contributed by atoms with Crippen LogP contribution in [0.2, 0.25) is 0 Å². The largest absolute Gasteiger partial charge is 0.497 e. The molecule has 1 heterocycles. The third-order valence-corrected chi connectivity index (χ3v) is 5.23. The lowest BCUT2D eigenvalue weighted by Crippen LogP contribution is -2.38. The van der Waals surface area contributed by atoms with Crippen LogP contribution in [0.4, 0.5) is 0 Å². The number of nitrogens with zero attached hydrogens (tertiary/aromatic N) is 1. The summed E-state index contributed by atoms with van der Waals surface area (Å²) in [5.74, 6) is 1.87. The molecule has 0 bridgehead atoms. The monoisotopic (exact) mass is 398 g/mol. The fraction of sp³-hybridized carbons (Fsp3) is 0.435. The molecule has 1 unspecified atom stereocenters. The van der Waals surface area contributed by atoms with E-state index in [4.69, 9.17) is 14.2 Å². The maximum Gasteiger partial charge on any atom is 0.258 e. The quantitative estimate of drug-likeness (QED) is 0.702. The number of methoxy groups -OCH3 is 2. The number of likely N-dealkylation sites (tertiary alicyclic amines) is 1. The summed E-state index contributed by atoms with van der Waals surface area (Å²) in [5, 5.41) is 3.03. The van der Waals surface area contributed by atoms with Gasteiger partial charge in [0.1, 0.15) is 5.75 Å². The molecule has 1 aliphatic heterocycles. The average molecular weight is 399 g/mol. The van der Waals surface area contributed by atoms with Crippen LogP contribution in [-0.2, 0) is 4.79 Å². The molecule has 1 amide bonds. The van der Waals surface area contributed by atoms with E-state index in [0.717, 1.165) is 30.0 Å². The molecule has 0 saturated carbocycles. The minimum Gasteiger partial charge on any atom is -0.497 e. The number of nitrogens with one attached hydrogen (secondary N) is 1. The highest BCUT2D eigenvalue weighted by atomic mass is 16.5. The molecule has 2 aromatic carbocycles. The van der Waals surface area contributed by atoms with Crippen LogP contribution in [-0.4, -0.2) is 51.3 Å². The summed E-state index contributed by atoms with van der Waals surface area (Å²) >= 11 is 0. The summed E-state index contributed by atoms with van der Waals surface area (Å²) in [6.45, 7) is 4.53. The summed E-state index contributed by atoms with van der Waals surface area (Å²) in [6, 6.07) is 13.8. The summed E-state index contributed by atoms with van der Waals surface area (Å²) in [4.78, 5) is 14.9. The van der Waals surface area contributed by atoms with Crippen molar-refractivity contribution in [2.75, 3.05) is 40.5 Å². The van der Waals surface area contributed by atoms with Gasteiger partial charge in [0.25, 0.3) is 5.91 Å². The van der Waals surface area contributed by atoms with Crippen molar-refractivity contribution in [3.05, 3.63) is 53.6 Å². The van der Waals surface area contributed by atoms with Gasteiger partial charge in [-0.3, -0.25) is 9.69 Å². The van der Waals surface area contributed by atoms with E-state index in [0.29, 0.717) is 18.0 Å². The molecule has 6 nitrogen and oxygen atoms in total. The van der Waals surface area contributed by atoms with Crippen LogP contribution in [0.3, 0.4) is 0 Å². The molecule has 1 fully saturated rings. The van der Waals surface area contributed by atoms with E-state index in [1.54, 1.807) is 14.2 Å². The highest BCUT2D eigenvalue weighted by molar-refractivity contribution is 5.77. The maximum absolute atomic E-state index is 12.4. The van der Waals surface area contributed by atoms with Gasteiger partial charge in [0.05, 0.1) is 20.3 Å². The van der Waals surface area contributed by atoms with Gasteiger partial charge >= 0.3 is 0 Å². The Hall–Kier alpha value is -2.73. The van der Waals surface area contributed by atoms with Crippen LogP contribution >= 0.6 is 0 Å². The molecule has 2 aromatic rings. The Labute approximate surface area is 172 Å². The number of aryl methyl sites for hydroxylation is 1. The van der Waals surface area contributed by atoms with Crippen molar-refractivity contribution < 1.29 is 19.0 Å². The van der Waals surface area contributed by atoms with Gasteiger partial charge in [-0.05, 0) is 68.2 Å². The Morgan fingerprint density at radius 3 is 2.59 bits per heavy atom. The van der Waals surface area contributed by atoms with E-state index >= 15 is 0 Å². The van der Waals surface area contributed by atoms with E-state index < -0.39 is 0 Å². The van der Waals surface area contributed by atoms with E-state index in [1.165, 1.54) is 12.8 Å². The molecule has 1 aliphatic rings. The SMILES string of the molecule is COc1cccc(C(CNC(=O)COc2ccc(C)cc2OC)N2CCCC2)c1. The lowest BCUT2D eigenvalue weighted by Gasteiger charge is -2.28. The molecular formula is C23H30N2O4. The van der Waals surface area contributed by atoms with Crippen LogP contribution in [0.15, 0.2) is 42.5 Å². The molecule has 0 aliphatic carbocycles. The Morgan fingerprint density at radius 2 is 1.86 bits per heavy atom. The highest BCUT2D eigenvalue weighted by Crippen LogP contribution is 2.28. The topological polar surface area (TPSA) is 60.0 Å². The van der Waals surface area contributed by atoms with Crippen molar-refractivity contribution in [2.24, 2.45) is 0 Å². The molecule has 1 atom stereocenters. The predicted octanol–water partition coefficient (Wildman–Crippen LogP) is 3.34. The zero-order valence-electron chi connectivity index (χ0n) is 17.4. The Balaban J connectivity index is 1.61. The third kappa shape index (κ3) is 5.64. The molecule has 3 rings (SSSR count). The number of carbonyl (C=O) groups is 1. The number of carbonyl (C=O) groups excluding carboxylic acids is 1. The summed E-state index contributed by atoms with van der Waals surface area (Å²) in [5.41, 5.74) is 2.22. The molecule has 1 N–H and O–H groups in total. The minimum absolute atomic E-state index is 0.0513. The van der Waals surface area contributed by atoms with Gasteiger partial charge in [0.2, 0.25) is 0 Å². The van der Waals surface area contributed by atoms with Gasteiger partial charge in [0, 0.05) is 6.54 Å². The Kier molecular flexibility index (Phi) is 7.36. The number of benzene rings is 2. The number of amides is 1. The zero-order valence-corrected chi connectivity index (χ0v) is 17.4. The lowest BCUT2D eigenvalue weighted by molar-refractivity contribution is -0.123. The van der Waals surface area contributed by atoms with Gasteiger partial charge in [-0.1, -0.05) is 18.2 Å². The lowest BCUT2D eigenvalue weighted by atomic mass is 10.0. The zero-order chi connectivity index (χ0) is 20.6. The number of ether oxygens (including phenoxy) is 3. The van der Waals surface area contributed by atoms with Gasteiger partial charge in [-0.15, -0.1) is 0 Å². The van der Waals surface area contributed by atoms with Crippen molar-refractivity contribution in [1.82, 2.24) is 10.2 Å². The van der Waals surface area contributed by atoms with Crippen molar-refractivity contribution in [2.45, 2.75) is 25.8 Å². The first-order chi connectivity index (χ1) is 14.1. The minimum atomic E-state index is -0.153. The normalized spacial score (nSPS) is 15.0. The second kappa shape index (κ2) is 10.2. The highest BCUT2D eigenvalue weighted by Gasteiger charge is 2.24. The summed E-state index contributed by atoms with van der Waals surface area (Å²) in [7, 11) is 3.26.